The van der Waals surface area contributed by atoms with Crippen LogP contribution in [0.25, 0.3) is 32.8 Å². The van der Waals surface area contributed by atoms with Gasteiger partial charge >= 0.3 is 0 Å². The van der Waals surface area contributed by atoms with Crippen molar-refractivity contribution in [3.05, 3.63) is 115 Å². The molecule has 0 spiro atoms. The Morgan fingerprint density at radius 1 is 0.633 bits per heavy atom. The number of Topliss-reactive ketones (excluding diaryl/α,β-unsaturated/α-hetero) is 1. The van der Waals surface area contributed by atoms with Gasteiger partial charge in [0.2, 0.25) is 17.8 Å². The molecule has 146 valence electrons. The van der Waals surface area contributed by atoms with Crippen LogP contribution in [0.2, 0.25) is 0 Å². The van der Waals surface area contributed by atoms with Crippen LogP contribution >= 0.6 is 0 Å². The molecule has 0 atom stereocenters. The molecule has 3 heteroatoms. The second kappa shape index (κ2) is 8.60. The lowest BCUT2D eigenvalue weighted by atomic mass is 10.0. The van der Waals surface area contributed by atoms with Crippen molar-refractivity contribution in [2.45, 2.75) is 6.54 Å². The Morgan fingerprint density at radius 2 is 1.23 bits per heavy atom. The molecule has 5 rings (SSSR count). The SMILES string of the molecule is O=C(C[n+]1cc2ccccc2c2ccccc21)c1ccc(-c2ccccc2)cc1.[Br-]. The maximum Gasteiger partial charge on any atom is 0.227 e. The van der Waals surface area contributed by atoms with Crippen molar-refractivity contribution in [1.29, 1.82) is 0 Å². The summed E-state index contributed by atoms with van der Waals surface area (Å²) in [4.78, 5) is 13.0. The van der Waals surface area contributed by atoms with Crippen LogP contribution < -0.4 is 21.5 Å². The van der Waals surface area contributed by atoms with Crippen molar-refractivity contribution in [2.24, 2.45) is 0 Å². The molecule has 1 heterocycles. The summed E-state index contributed by atoms with van der Waals surface area (Å²) in [6.07, 6.45) is 2.08. The summed E-state index contributed by atoms with van der Waals surface area (Å²) in [5.74, 6) is 0.107. The average Bonchev–Trinajstić information content (AvgIpc) is 2.80. The number of halogens is 1. The van der Waals surface area contributed by atoms with E-state index in [4.69, 9.17) is 0 Å². The lowest BCUT2D eigenvalue weighted by Gasteiger charge is -2.06. The second-order valence-corrected chi connectivity index (χ2v) is 7.23. The van der Waals surface area contributed by atoms with E-state index in [1.54, 1.807) is 0 Å². The lowest BCUT2D eigenvalue weighted by Crippen LogP contribution is -3.00. The van der Waals surface area contributed by atoms with Crippen LogP contribution in [0.15, 0.2) is 109 Å². The monoisotopic (exact) mass is 453 g/mol. The number of aromatic nitrogens is 1. The van der Waals surface area contributed by atoms with Gasteiger partial charge in [-0.05, 0) is 23.3 Å². The first-order valence-corrected chi connectivity index (χ1v) is 9.78. The van der Waals surface area contributed by atoms with Crippen molar-refractivity contribution in [2.75, 3.05) is 0 Å². The maximum absolute atomic E-state index is 13.0. The Hall–Kier alpha value is -3.30. The van der Waals surface area contributed by atoms with E-state index in [2.05, 4.69) is 53.2 Å². The molecule has 30 heavy (non-hydrogen) atoms. The van der Waals surface area contributed by atoms with Crippen LogP contribution in [-0.2, 0) is 6.54 Å². The summed E-state index contributed by atoms with van der Waals surface area (Å²) < 4.78 is 2.06. The van der Waals surface area contributed by atoms with Crippen molar-refractivity contribution < 1.29 is 26.3 Å². The van der Waals surface area contributed by atoms with Gasteiger partial charge in [-0.15, -0.1) is 0 Å². The van der Waals surface area contributed by atoms with E-state index in [0.717, 1.165) is 33.0 Å². The molecular formula is C27H20BrNO. The number of carbonyl (C=O) groups excluding carboxylic acids is 1. The van der Waals surface area contributed by atoms with E-state index < -0.39 is 0 Å². The number of rotatable bonds is 4. The van der Waals surface area contributed by atoms with Gasteiger partial charge in [0.25, 0.3) is 0 Å². The summed E-state index contributed by atoms with van der Waals surface area (Å²) >= 11 is 0. The Kier molecular flexibility index (Phi) is 5.73. The second-order valence-electron chi connectivity index (χ2n) is 7.23. The number of para-hydroxylation sites is 1. The van der Waals surface area contributed by atoms with Crippen LogP contribution in [0, 0.1) is 0 Å². The molecule has 0 N–H and O–H groups in total. The van der Waals surface area contributed by atoms with Crippen LogP contribution in [0.4, 0.5) is 0 Å². The molecule has 0 radical (unpaired) electrons. The first-order chi connectivity index (χ1) is 14.3. The third-order valence-electron chi connectivity index (χ3n) is 5.39. The minimum atomic E-state index is 0. The van der Waals surface area contributed by atoms with E-state index in [1.165, 1.54) is 5.39 Å². The summed E-state index contributed by atoms with van der Waals surface area (Å²) in [5, 5.41) is 3.51. The topological polar surface area (TPSA) is 20.9 Å². The Bertz CT molecular complexity index is 1330. The van der Waals surface area contributed by atoms with E-state index >= 15 is 0 Å². The zero-order chi connectivity index (χ0) is 19.6. The fourth-order valence-electron chi connectivity index (χ4n) is 3.90. The summed E-state index contributed by atoms with van der Waals surface area (Å²) in [6.45, 7) is 0.316. The molecule has 0 fully saturated rings. The molecule has 0 aliphatic carbocycles. The number of fused-ring (bicyclic) bond motifs is 3. The Balaban J connectivity index is 0.00000218. The van der Waals surface area contributed by atoms with E-state index in [-0.39, 0.29) is 22.8 Å². The van der Waals surface area contributed by atoms with Gasteiger partial charge in [0.15, 0.2) is 6.20 Å². The number of hydrogen-bond donors (Lipinski definition) is 0. The zero-order valence-corrected chi connectivity index (χ0v) is 17.9. The van der Waals surface area contributed by atoms with Crippen molar-refractivity contribution in [3.63, 3.8) is 0 Å². The molecular weight excluding hydrogens is 434 g/mol. The van der Waals surface area contributed by atoms with Gasteiger partial charge < -0.3 is 17.0 Å². The molecule has 2 nitrogen and oxygen atoms in total. The molecule has 0 unspecified atom stereocenters. The number of ketones is 1. The normalized spacial score (nSPS) is 10.7. The summed E-state index contributed by atoms with van der Waals surface area (Å²) in [6, 6.07) is 34.7. The van der Waals surface area contributed by atoms with Gasteiger partial charge in [-0.3, -0.25) is 4.79 Å². The average molecular weight is 454 g/mol. The summed E-state index contributed by atoms with van der Waals surface area (Å²) in [7, 11) is 0. The van der Waals surface area contributed by atoms with Crippen molar-refractivity contribution in [1.82, 2.24) is 0 Å². The highest BCUT2D eigenvalue weighted by molar-refractivity contribution is 6.04. The zero-order valence-electron chi connectivity index (χ0n) is 16.3. The third kappa shape index (κ3) is 3.77. The van der Waals surface area contributed by atoms with Crippen LogP contribution in [0.1, 0.15) is 10.4 Å². The van der Waals surface area contributed by atoms with Crippen LogP contribution in [-0.4, -0.2) is 5.78 Å². The highest BCUT2D eigenvalue weighted by atomic mass is 79.9. The quantitative estimate of drug-likeness (QED) is 0.233. The van der Waals surface area contributed by atoms with E-state index in [9.17, 15) is 4.79 Å². The van der Waals surface area contributed by atoms with Crippen LogP contribution in [0.3, 0.4) is 0 Å². The highest BCUT2D eigenvalue weighted by Gasteiger charge is 2.17. The molecule has 0 bridgehead atoms. The smallest absolute Gasteiger partial charge is 0.227 e. The lowest BCUT2D eigenvalue weighted by molar-refractivity contribution is -0.655. The summed E-state index contributed by atoms with van der Waals surface area (Å²) in [5.41, 5.74) is 4.07. The number of benzene rings is 4. The fourth-order valence-corrected chi connectivity index (χ4v) is 3.90. The first kappa shape index (κ1) is 20.0. The highest BCUT2D eigenvalue weighted by Crippen LogP contribution is 2.23. The van der Waals surface area contributed by atoms with Crippen molar-refractivity contribution >= 4 is 27.5 Å². The van der Waals surface area contributed by atoms with Crippen LogP contribution in [0.5, 0.6) is 0 Å². The molecule has 0 aliphatic heterocycles. The fraction of sp³-hybridized carbons (Fsp3) is 0.0370. The molecule has 0 aliphatic rings. The van der Waals surface area contributed by atoms with Gasteiger partial charge in [-0.1, -0.05) is 84.9 Å². The molecule has 5 aromatic rings. The van der Waals surface area contributed by atoms with Gasteiger partial charge in [0.1, 0.15) is 0 Å². The van der Waals surface area contributed by atoms with Gasteiger partial charge in [-0.25, -0.2) is 0 Å². The van der Waals surface area contributed by atoms with Gasteiger partial charge in [0, 0.05) is 22.4 Å². The molecule has 0 saturated carbocycles. The van der Waals surface area contributed by atoms with Gasteiger partial charge in [0.05, 0.1) is 5.39 Å². The van der Waals surface area contributed by atoms with E-state index in [1.807, 2.05) is 60.7 Å². The Morgan fingerprint density at radius 3 is 2.00 bits per heavy atom. The molecule has 0 saturated heterocycles. The predicted octanol–water partition coefficient (Wildman–Crippen LogP) is 2.83. The number of hydrogen-bond acceptors (Lipinski definition) is 1. The third-order valence-corrected chi connectivity index (χ3v) is 5.39. The van der Waals surface area contributed by atoms with Crippen molar-refractivity contribution in [3.8, 4) is 11.1 Å². The Labute approximate surface area is 186 Å². The standard InChI is InChI=1S/C27H20NO.BrH/c29-27(22-16-14-21(15-17-22)20-8-2-1-3-9-20)19-28-18-23-10-4-5-11-24(23)25-12-6-7-13-26(25)28;/h1-18H,19H2;1H/q+1;/p-1. The molecule has 0 amide bonds. The predicted molar refractivity (Wildman–Crippen MR) is 118 cm³/mol. The van der Waals surface area contributed by atoms with E-state index in [0.29, 0.717) is 6.54 Å². The minimum absolute atomic E-state index is 0. The maximum atomic E-state index is 13.0. The largest absolute Gasteiger partial charge is 1.00 e. The number of nitrogens with zero attached hydrogens (tertiary/aromatic N) is 1. The van der Waals surface area contributed by atoms with Gasteiger partial charge in [-0.2, -0.15) is 4.57 Å². The number of pyridine rings is 1. The molecule has 4 aromatic carbocycles. The number of carbonyl (C=O) groups is 1. The minimum Gasteiger partial charge on any atom is -1.00 e. The first-order valence-electron chi connectivity index (χ1n) is 9.78. The molecule has 1 aromatic heterocycles.